The average Bonchev–Trinajstić information content (AvgIpc) is 3.34. The van der Waals surface area contributed by atoms with Crippen molar-refractivity contribution in [3.63, 3.8) is 0 Å². The molecule has 7 nitrogen and oxygen atoms in total. The number of hydrogen-bond acceptors (Lipinski definition) is 5. The third-order valence-corrected chi connectivity index (χ3v) is 4.04. The predicted molar refractivity (Wildman–Crippen MR) is 102 cm³/mol. The lowest BCUT2D eigenvalue weighted by molar-refractivity contribution is -0.118. The molecule has 1 saturated carbocycles. The van der Waals surface area contributed by atoms with Crippen molar-refractivity contribution in [3.05, 3.63) is 18.3 Å². The van der Waals surface area contributed by atoms with E-state index >= 15 is 0 Å². The Morgan fingerprint density at radius 2 is 2.00 bits per heavy atom. The standard InChI is InChI=1S/C19H30N4O3/c1-19(2,3)26-18(25)22-15(10-8-13-6-7-13)17(24)21-14-9-11-16(20-12-14)23(4)5/h9,11-13,15H,6-8,10H2,1-5H3,(H,21,24)(H,22,25). The minimum atomic E-state index is -0.626. The molecule has 1 aliphatic rings. The first-order valence-corrected chi connectivity index (χ1v) is 9.08. The molecule has 2 amide bonds. The van der Waals surface area contributed by atoms with Crippen molar-refractivity contribution in [2.75, 3.05) is 24.3 Å². The number of nitrogens with one attached hydrogen (secondary N) is 2. The fourth-order valence-electron chi connectivity index (χ4n) is 2.48. The summed E-state index contributed by atoms with van der Waals surface area (Å²) in [6.45, 7) is 5.39. The maximum absolute atomic E-state index is 12.6. The van der Waals surface area contributed by atoms with Crippen LogP contribution in [0.3, 0.4) is 0 Å². The largest absolute Gasteiger partial charge is 0.444 e. The highest BCUT2D eigenvalue weighted by Gasteiger charge is 2.28. The van der Waals surface area contributed by atoms with Crippen molar-refractivity contribution < 1.29 is 14.3 Å². The van der Waals surface area contributed by atoms with Crippen LogP contribution in [0.2, 0.25) is 0 Å². The number of aromatic nitrogens is 1. The topological polar surface area (TPSA) is 83.6 Å². The molecule has 0 spiro atoms. The predicted octanol–water partition coefficient (Wildman–Crippen LogP) is 3.17. The van der Waals surface area contributed by atoms with Gasteiger partial charge >= 0.3 is 6.09 Å². The second-order valence-electron chi connectivity index (χ2n) is 8.01. The molecule has 1 aromatic heterocycles. The Morgan fingerprint density at radius 3 is 2.50 bits per heavy atom. The molecule has 2 N–H and O–H groups in total. The van der Waals surface area contributed by atoms with Gasteiger partial charge in [-0.25, -0.2) is 9.78 Å². The normalized spacial score (nSPS) is 15.1. The van der Waals surface area contributed by atoms with Crippen LogP contribution >= 0.6 is 0 Å². The van der Waals surface area contributed by atoms with E-state index in [2.05, 4.69) is 15.6 Å². The summed E-state index contributed by atoms with van der Waals surface area (Å²) >= 11 is 0. The van der Waals surface area contributed by atoms with Gasteiger partial charge in [0, 0.05) is 14.1 Å². The maximum Gasteiger partial charge on any atom is 0.408 e. The lowest BCUT2D eigenvalue weighted by atomic mass is 10.1. The summed E-state index contributed by atoms with van der Waals surface area (Å²) in [6, 6.07) is 3.00. The maximum atomic E-state index is 12.6. The second kappa shape index (κ2) is 8.38. The molecular formula is C19H30N4O3. The van der Waals surface area contributed by atoms with E-state index in [1.807, 2.05) is 25.1 Å². The molecule has 2 rings (SSSR count). The van der Waals surface area contributed by atoms with Crippen molar-refractivity contribution in [2.45, 2.75) is 58.1 Å². The fraction of sp³-hybridized carbons (Fsp3) is 0.632. The van der Waals surface area contributed by atoms with Crippen LogP contribution in [-0.2, 0) is 9.53 Å². The molecule has 0 bridgehead atoms. The van der Waals surface area contributed by atoms with Crippen LogP contribution < -0.4 is 15.5 Å². The Bertz CT molecular complexity index is 619. The molecule has 1 aromatic rings. The molecule has 1 aliphatic carbocycles. The van der Waals surface area contributed by atoms with E-state index in [1.54, 1.807) is 33.0 Å². The van der Waals surface area contributed by atoms with Gasteiger partial charge in [0.1, 0.15) is 17.5 Å². The Morgan fingerprint density at radius 1 is 1.31 bits per heavy atom. The molecule has 0 aliphatic heterocycles. The quantitative estimate of drug-likeness (QED) is 0.778. The third-order valence-electron chi connectivity index (χ3n) is 4.04. The van der Waals surface area contributed by atoms with Gasteiger partial charge in [0.2, 0.25) is 5.91 Å². The summed E-state index contributed by atoms with van der Waals surface area (Å²) in [7, 11) is 3.80. The molecule has 1 heterocycles. The van der Waals surface area contributed by atoms with Gasteiger partial charge in [-0.15, -0.1) is 0 Å². The lowest BCUT2D eigenvalue weighted by Gasteiger charge is -2.23. The minimum absolute atomic E-state index is 0.254. The molecule has 1 fully saturated rings. The van der Waals surface area contributed by atoms with Crippen LogP contribution in [0, 0.1) is 5.92 Å². The van der Waals surface area contributed by atoms with Crippen LogP contribution in [0.25, 0.3) is 0 Å². The zero-order valence-corrected chi connectivity index (χ0v) is 16.3. The van der Waals surface area contributed by atoms with E-state index in [9.17, 15) is 9.59 Å². The van der Waals surface area contributed by atoms with E-state index in [0.29, 0.717) is 18.0 Å². The minimum Gasteiger partial charge on any atom is -0.444 e. The molecule has 26 heavy (non-hydrogen) atoms. The molecule has 1 atom stereocenters. The zero-order valence-electron chi connectivity index (χ0n) is 16.3. The summed E-state index contributed by atoms with van der Waals surface area (Å²) in [6.07, 6.45) is 4.96. The molecule has 0 saturated heterocycles. The van der Waals surface area contributed by atoms with Gasteiger partial charge in [-0.05, 0) is 51.7 Å². The van der Waals surface area contributed by atoms with Crippen molar-refractivity contribution >= 4 is 23.5 Å². The van der Waals surface area contributed by atoms with Gasteiger partial charge in [-0.2, -0.15) is 0 Å². The highest BCUT2D eigenvalue weighted by Crippen LogP contribution is 2.34. The summed E-state index contributed by atoms with van der Waals surface area (Å²) in [4.78, 5) is 30.9. The van der Waals surface area contributed by atoms with Crippen molar-refractivity contribution in [3.8, 4) is 0 Å². The van der Waals surface area contributed by atoms with Gasteiger partial charge in [-0.1, -0.05) is 12.8 Å². The first kappa shape index (κ1) is 20.0. The summed E-state index contributed by atoms with van der Waals surface area (Å²) in [5, 5.41) is 5.53. The zero-order chi connectivity index (χ0) is 19.3. The average molecular weight is 362 g/mol. The summed E-state index contributed by atoms with van der Waals surface area (Å²) < 4.78 is 5.29. The number of amides is 2. The number of nitrogens with zero attached hydrogens (tertiary/aromatic N) is 2. The van der Waals surface area contributed by atoms with Crippen molar-refractivity contribution in [1.82, 2.24) is 10.3 Å². The van der Waals surface area contributed by atoms with Gasteiger partial charge in [0.15, 0.2) is 0 Å². The first-order chi connectivity index (χ1) is 12.1. The molecular weight excluding hydrogens is 332 g/mol. The summed E-state index contributed by atoms with van der Waals surface area (Å²) in [5.41, 5.74) is -0.00363. The number of ether oxygens (including phenoxy) is 1. The SMILES string of the molecule is CN(C)c1ccc(NC(=O)C(CCC2CC2)NC(=O)OC(C)(C)C)cn1. The van der Waals surface area contributed by atoms with Crippen molar-refractivity contribution in [2.24, 2.45) is 5.92 Å². The van der Waals surface area contributed by atoms with Crippen LogP contribution in [0.5, 0.6) is 0 Å². The van der Waals surface area contributed by atoms with Crippen LogP contribution in [0.15, 0.2) is 18.3 Å². The highest BCUT2D eigenvalue weighted by molar-refractivity contribution is 5.96. The number of anilines is 2. The Balaban J connectivity index is 1.97. The second-order valence-corrected chi connectivity index (χ2v) is 8.01. The van der Waals surface area contributed by atoms with Crippen molar-refractivity contribution in [1.29, 1.82) is 0 Å². The number of rotatable bonds is 7. The Hall–Kier alpha value is -2.31. The number of alkyl carbamates (subject to hydrolysis) is 1. The van der Waals surface area contributed by atoms with Gasteiger partial charge in [0.25, 0.3) is 0 Å². The van der Waals surface area contributed by atoms with E-state index in [4.69, 9.17) is 4.74 Å². The van der Waals surface area contributed by atoms with E-state index in [-0.39, 0.29) is 5.91 Å². The van der Waals surface area contributed by atoms with Crippen LogP contribution in [0.4, 0.5) is 16.3 Å². The fourth-order valence-corrected chi connectivity index (χ4v) is 2.48. The number of carbonyl (C=O) groups is 2. The molecule has 7 heteroatoms. The molecule has 1 unspecified atom stereocenters. The highest BCUT2D eigenvalue weighted by atomic mass is 16.6. The monoisotopic (exact) mass is 362 g/mol. The van der Waals surface area contributed by atoms with Gasteiger partial charge in [0.05, 0.1) is 11.9 Å². The van der Waals surface area contributed by atoms with Gasteiger partial charge in [-0.3, -0.25) is 4.79 Å². The third kappa shape index (κ3) is 6.90. The molecule has 144 valence electrons. The number of hydrogen-bond donors (Lipinski definition) is 2. The first-order valence-electron chi connectivity index (χ1n) is 9.08. The van der Waals surface area contributed by atoms with Crippen LogP contribution in [0.1, 0.15) is 46.5 Å². The van der Waals surface area contributed by atoms with Crippen LogP contribution in [-0.4, -0.2) is 42.7 Å². The Kier molecular flexibility index (Phi) is 6.45. The number of carbonyl (C=O) groups excluding carboxylic acids is 2. The smallest absolute Gasteiger partial charge is 0.408 e. The number of pyridine rings is 1. The molecule has 0 radical (unpaired) electrons. The molecule has 0 aromatic carbocycles. The Labute approximate surface area is 155 Å². The van der Waals surface area contributed by atoms with E-state index in [0.717, 1.165) is 12.2 Å². The van der Waals surface area contributed by atoms with E-state index in [1.165, 1.54) is 12.8 Å². The van der Waals surface area contributed by atoms with E-state index < -0.39 is 17.7 Å². The lowest BCUT2D eigenvalue weighted by Crippen LogP contribution is -2.45. The van der Waals surface area contributed by atoms with Gasteiger partial charge < -0.3 is 20.3 Å². The summed E-state index contributed by atoms with van der Waals surface area (Å²) in [5.74, 6) is 1.22.